The van der Waals surface area contributed by atoms with Crippen LogP contribution in [0.1, 0.15) is 5.56 Å². The first-order valence-corrected chi connectivity index (χ1v) is 10.6. The van der Waals surface area contributed by atoms with Crippen LogP contribution in [0.25, 0.3) is 17.0 Å². The second kappa shape index (κ2) is 9.64. The Bertz CT molecular complexity index is 1190. The van der Waals surface area contributed by atoms with E-state index in [1.165, 1.54) is 0 Å². The third-order valence-corrected chi connectivity index (χ3v) is 5.64. The first kappa shape index (κ1) is 22.2. The van der Waals surface area contributed by atoms with Crippen LogP contribution in [0.2, 0.25) is 0 Å². The predicted molar refractivity (Wildman–Crippen MR) is 128 cm³/mol. The Kier molecular flexibility index (Phi) is 6.48. The Labute approximate surface area is 192 Å². The van der Waals surface area contributed by atoms with Gasteiger partial charge in [0, 0.05) is 49.3 Å². The number of methoxy groups -OCH3 is 3. The van der Waals surface area contributed by atoms with Gasteiger partial charge in [0.25, 0.3) is 0 Å². The van der Waals surface area contributed by atoms with Gasteiger partial charge in [0.1, 0.15) is 11.6 Å². The molecular weight excluding hydrogens is 422 g/mol. The maximum atomic E-state index is 12.7. The van der Waals surface area contributed by atoms with E-state index in [0.717, 1.165) is 11.3 Å². The Balaban J connectivity index is 1.46. The summed E-state index contributed by atoms with van der Waals surface area (Å²) in [5, 5.41) is 0.701. The molecule has 0 atom stereocenters. The van der Waals surface area contributed by atoms with Gasteiger partial charge in [0.15, 0.2) is 11.5 Å². The number of aromatic nitrogens is 2. The van der Waals surface area contributed by atoms with Crippen molar-refractivity contribution in [2.45, 2.75) is 0 Å². The summed E-state index contributed by atoms with van der Waals surface area (Å²) in [6.07, 6.45) is 3.36. The summed E-state index contributed by atoms with van der Waals surface area (Å²) in [6.45, 7) is 2.32. The summed E-state index contributed by atoms with van der Waals surface area (Å²) in [6, 6.07) is 11.1. The number of fused-ring (bicyclic) bond motifs is 1. The molecule has 3 aromatic rings. The molecule has 0 unspecified atom stereocenters. The second-order valence-electron chi connectivity index (χ2n) is 7.52. The fourth-order valence-corrected chi connectivity index (χ4v) is 3.81. The fourth-order valence-electron chi connectivity index (χ4n) is 3.81. The summed E-state index contributed by atoms with van der Waals surface area (Å²) in [5.74, 6) is 2.73. The van der Waals surface area contributed by atoms with Gasteiger partial charge in [0.2, 0.25) is 11.9 Å². The van der Waals surface area contributed by atoms with Gasteiger partial charge in [0.05, 0.1) is 26.8 Å². The molecule has 1 fully saturated rings. The molecule has 1 saturated heterocycles. The largest absolute Gasteiger partial charge is 0.496 e. The number of nitrogens with two attached hydrogens (primary N) is 1. The van der Waals surface area contributed by atoms with E-state index in [1.54, 1.807) is 50.5 Å². The second-order valence-corrected chi connectivity index (χ2v) is 7.52. The number of para-hydroxylation sites is 1. The van der Waals surface area contributed by atoms with Gasteiger partial charge in [-0.15, -0.1) is 0 Å². The van der Waals surface area contributed by atoms with Crippen LogP contribution in [0.4, 0.5) is 11.8 Å². The number of carbonyl (C=O) groups excluding carboxylic acids is 1. The molecular formula is C24H27N5O4. The standard InChI is InChI=1S/C24H27N5O4/c1-31-19-7-5-4-6-16(19)8-9-22(30)28-10-12-29(13-11-28)24-26-18-15-21(33-3)20(32-2)14-17(18)23(25)27-24/h4-9,14-15H,10-13H2,1-3H3,(H2,25,26,27)/b9-8+. The molecule has 0 radical (unpaired) electrons. The normalized spacial score (nSPS) is 14.0. The van der Waals surface area contributed by atoms with E-state index in [1.807, 2.05) is 29.2 Å². The van der Waals surface area contributed by atoms with Gasteiger partial charge >= 0.3 is 0 Å². The molecule has 1 aliphatic rings. The quantitative estimate of drug-likeness (QED) is 0.573. The third kappa shape index (κ3) is 4.62. The van der Waals surface area contributed by atoms with E-state index >= 15 is 0 Å². The van der Waals surface area contributed by atoms with E-state index in [2.05, 4.69) is 9.97 Å². The van der Waals surface area contributed by atoms with Gasteiger partial charge < -0.3 is 29.7 Å². The molecule has 1 aromatic heterocycles. The van der Waals surface area contributed by atoms with Crippen molar-refractivity contribution in [1.82, 2.24) is 14.9 Å². The van der Waals surface area contributed by atoms with Gasteiger partial charge in [-0.3, -0.25) is 4.79 Å². The predicted octanol–water partition coefficient (Wildman–Crippen LogP) is 2.60. The lowest BCUT2D eigenvalue weighted by molar-refractivity contribution is -0.126. The van der Waals surface area contributed by atoms with E-state index < -0.39 is 0 Å². The van der Waals surface area contributed by atoms with Crippen molar-refractivity contribution in [3.8, 4) is 17.2 Å². The number of anilines is 2. The van der Waals surface area contributed by atoms with Crippen molar-refractivity contribution in [3.63, 3.8) is 0 Å². The number of hydrogen-bond acceptors (Lipinski definition) is 8. The van der Waals surface area contributed by atoms with Crippen molar-refractivity contribution in [3.05, 3.63) is 48.0 Å². The average molecular weight is 450 g/mol. The molecule has 2 aromatic carbocycles. The first-order valence-electron chi connectivity index (χ1n) is 10.6. The third-order valence-electron chi connectivity index (χ3n) is 5.64. The van der Waals surface area contributed by atoms with Gasteiger partial charge in [-0.1, -0.05) is 18.2 Å². The number of nitrogens with zero attached hydrogens (tertiary/aromatic N) is 4. The van der Waals surface area contributed by atoms with Crippen LogP contribution in [0.5, 0.6) is 17.2 Å². The molecule has 0 spiro atoms. The van der Waals surface area contributed by atoms with Crippen LogP contribution in [0, 0.1) is 0 Å². The number of carbonyl (C=O) groups is 1. The number of nitrogen functional groups attached to an aromatic ring is 1. The lowest BCUT2D eigenvalue weighted by Gasteiger charge is -2.34. The summed E-state index contributed by atoms with van der Waals surface area (Å²) >= 11 is 0. The fraction of sp³-hybridized carbons (Fsp3) is 0.292. The Hall–Kier alpha value is -4.01. The van der Waals surface area contributed by atoms with Crippen molar-refractivity contribution in [2.75, 3.05) is 58.1 Å². The molecule has 9 heteroatoms. The minimum atomic E-state index is -0.0451. The van der Waals surface area contributed by atoms with Crippen molar-refractivity contribution in [2.24, 2.45) is 0 Å². The van der Waals surface area contributed by atoms with Crippen LogP contribution in [-0.4, -0.2) is 68.3 Å². The average Bonchev–Trinajstić information content (AvgIpc) is 2.86. The molecule has 0 aliphatic carbocycles. The number of ether oxygens (including phenoxy) is 3. The SMILES string of the molecule is COc1ccccc1/C=C/C(=O)N1CCN(c2nc(N)c3cc(OC)c(OC)cc3n2)CC1. The zero-order valence-electron chi connectivity index (χ0n) is 18.9. The molecule has 0 bridgehead atoms. The van der Waals surface area contributed by atoms with Crippen LogP contribution in [0.3, 0.4) is 0 Å². The molecule has 2 N–H and O–H groups in total. The van der Waals surface area contributed by atoms with E-state index in [9.17, 15) is 4.79 Å². The molecule has 1 amide bonds. The highest BCUT2D eigenvalue weighted by Gasteiger charge is 2.23. The monoisotopic (exact) mass is 449 g/mol. The highest BCUT2D eigenvalue weighted by Crippen LogP contribution is 2.34. The van der Waals surface area contributed by atoms with E-state index in [-0.39, 0.29) is 5.91 Å². The molecule has 0 saturated carbocycles. The lowest BCUT2D eigenvalue weighted by atomic mass is 10.2. The van der Waals surface area contributed by atoms with Crippen LogP contribution < -0.4 is 24.8 Å². The van der Waals surface area contributed by atoms with Crippen molar-refractivity contribution < 1.29 is 19.0 Å². The van der Waals surface area contributed by atoms with Gasteiger partial charge in [-0.2, -0.15) is 4.98 Å². The number of amides is 1. The number of rotatable bonds is 6. The van der Waals surface area contributed by atoms with Crippen LogP contribution >= 0.6 is 0 Å². The lowest BCUT2D eigenvalue weighted by Crippen LogP contribution is -2.48. The van der Waals surface area contributed by atoms with E-state index in [4.69, 9.17) is 19.9 Å². The molecule has 4 rings (SSSR count). The van der Waals surface area contributed by atoms with Crippen LogP contribution in [-0.2, 0) is 4.79 Å². The summed E-state index contributed by atoms with van der Waals surface area (Å²) in [4.78, 5) is 25.7. The number of hydrogen-bond donors (Lipinski definition) is 1. The number of piperazine rings is 1. The minimum Gasteiger partial charge on any atom is -0.496 e. The Morgan fingerprint density at radius 2 is 1.61 bits per heavy atom. The molecule has 1 aliphatic heterocycles. The van der Waals surface area contributed by atoms with Crippen molar-refractivity contribution in [1.29, 1.82) is 0 Å². The molecule has 9 nitrogen and oxygen atoms in total. The number of benzene rings is 2. The van der Waals surface area contributed by atoms with Crippen LogP contribution in [0.15, 0.2) is 42.5 Å². The maximum absolute atomic E-state index is 12.7. The summed E-state index contributed by atoms with van der Waals surface area (Å²) in [7, 11) is 4.76. The zero-order valence-corrected chi connectivity index (χ0v) is 18.9. The summed E-state index contributed by atoms with van der Waals surface area (Å²) in [5.41, 5.74) is 7.75. The van der Waals surface area contributed by atoms with Crippen molar-refractivity contribution >= 4 is 34.7 Å². The first-order chi connectivity index (χ1) is 16.0. The Morgan fingerprint density at radius 3 is 2.30 bits per heavy atom. The molecule has 33 heavy (non-hydrogen) atoms. The molecule has 2 heterocycles. The van der Waals surface area contributed by atoms with Gasteiger partial charge in [-0.05, 0) is 18.2 Å². The summed E-state index contributed by atoms with van der Waals surface area (Å²) < 4.78 is 16.1. The van der Waals surface area contributed by atoms with Gasteiger partial charge in [-0.25, -0.2) is 4.98 Å². The minimum absolute atomic E-state index is 0.0451. The molecule has 172 valence electrons. The highest BCUT2D eigenvalue weighted by atomic mass is 16.5. The Morgan fingerprint density at radius 1 is 0.939 bits per heavy atom. The maximum Gasteiger partial charge on any atom is 0.246 e. The topological polar surface area (TPSA) is 103 Å². The smallest absolute Gasteiger partial charge is 0.246 e. The highest BCUT2D eigenvalue weighted by molar-refractivity contribution is 5.93. The zero-order chi connectivity index (χ0) is 23.4. The van der Waals surface area contributed by atoms with E-state index in [0.29, 0.717) is 60.3 Å².